The van der Waals surface area contributed by atoms with Gasteiger partial charge in [0.05, 0.1) is 12.0 Å². The Labute approximate surface area is 197 Å². The highest BCUT2D eigenvalue weighted by atomic mass is 19.3. The predicted molar refractivity (Wildman–Crippen MR) is 127 cm³/mol. The minimum absolute atomic E-state index is 0.293. The third-order valence-corrected chi connectivity index (χ3v) is 6.10. The van der Waals surface area contributed by atoms with Crippen LogP contribution in [0.5, 0.6) is 0 Å². The minimum atomic E-state index is -2.85. The highest BCUT2D eigenvalue weighted by Gasteiger charge is 2.43. The molecule has 0 aliphatic rings. The Morgan fingerprint density at radius 3 is 2.41 bits per heavy atom. The average Bonchev–Trinajstić information content (AvgIpc) is 3.42. The van der Waals surface area contributed by atoms with Gasteiger partial charge in [-0.1, -0.05) is 49.3 Å². The maximum atomic E-state index is 14.0. The van der Waals surface area contributed by atoms with Crippen LogP contribution in [-0.2, 0) is 12.0 Å². The van der Waals surface area contributed by atoms with Crippen LogP contribution in [0.1, 0.15) is 44.5 Å². The van der Waals surface area contributed by atoms with Gasteiger partial charge in [-0.3, -0.25) is 4.68 Å². The molecule has 0 aliphatic heterocycles. The molecule has 9 heteroatoms. The fraction of sp³-hybridized carbons (Fsp3) is 0.360. The van der Waals surface area contributed by atoms with Gasteiger partial charge >= 0.3 is 0 Å². The van der Waals surface area contributed by atoms with Crippen molar-refractivity contribution in [2.75, 3.05) is 11.9 Å². The molecule has 3 heterocycles. The number of hydrogen-bond donors (Lipinski definition) is 1. The van der Waals surface area contributed by atoms with Gasteiger partial charge in [-0.2, -0.15) is 10.1 Å². The normalized spacial score (nSPS) is 12.2. The number of hydrogen-bond acceptors (Lipinski definition) is 6. The standard InChI is InChI=1S/C25H28F2N6O/c1-6-28-21-12-7-17(14-29-21)15-33-16(2)13-20(31-33)23-30-22(32-34-23)18-8-10-19(11-9-18)24(3,4)25(5,26)27/h7-14H,6,15H2,1-5H3,(H,28,29). The molecule has 0 spiro atoms. The Bertz CT molecular complexity index is 1250. The molecule has 0 amide bonds. The molecule has 0 bridgehead atoms. The van der Waals surface area contributed by atoms with Crippen molar-refractivity contribution in [3.63, 3.8) is 0 Å². The number of aryl methyl sites for hydroxylation is 1. The molecule has 0 unspecified atom stereocenters. The molecule has 4 rings (SSSR count). The molecule has 34 heavy (non-hydrogen) atoms. The van der Waals surface area contributed by atoms with Gasteiger partial charge in [-0.25, -0.2) is 13.8 Å². The van der Waals surface area contributed by atoms with Gasteiger partial charge in [0, 0.05) is 30.9 Å². The van der Waals surface area contributed by atoms with E-state index in [4.69, 9.17) is 4.52 Å². The van der Waals surface area contributed by atoms with E-state index >= 15 is 0 Å². The van der Waals surface area contributed by atoms with Crippen LogP contribution in [0.25, 0.3) is 23.0 Å². The van der Waals surface area contributed by atoms with Gasteiger partial charge in [0.15, 0.2) is 5.69 Å². The van der Waals surface area contributed by atoms with Crippen molar-refractivity contribution in [3.8, 4) is 23.0 Å². The Balaban J connectivity index is 1.51. The van der Waals surface area contributed by atoms with Gasteiger partial charge in [0.1, 0.15) is 5.82 Å². The van der Waals surface area contributed by atoms with Gasteiger partial charge in [-0.15, -0.1) is 0 Å². The van der Waals surface area contributed by atoms with E-state index in [0.29, 0.717) is 35.1 Å². The third kappa shape index (κ3) is 4.69. The summed E-state index contributed by atoms with van der Waals surface area (Å²) in [6, 6.07) is 12.6. The number of aromatic nitrogens is 5. The minimum Gasteiger partial charge on any atom is -0.370 e. The van der Waals surface area contributed by atoms with E-state index in [1.54, 1.807) is 24.3 Å². The second-order valence-electron chi connectivity index (χ2n) is 8.92. The molecular formula is C25H28F2N6O. The van der Waals surface area contributed by atoms with Crippen LogP contribution >= 0.6 is 0 Å². The molecule has 0 saturated heterocycles. The zero-order chi connectivity index (χ0) is 24.5. The Morgan fingerprint density at radius 1 is 1.06 bits per heavy atom. The summed E-state index contributed by atoms with van der Waals surface area (Å²) in [6.07, 6.45) is 1.82. The van der Waals surface area contributed by atoms with E-state index in [0.717, 1.165) is 30.5 Å². The molecule has 3 aromatic heterocycles. The molecular weight excluding hydrogens is 438 g/mol. The molecule has 0 radical (unpaired) electrons. The van der Waals surface area contributed by atoms with Crippen molar-refractivity contribution in [3.05, 3.63) is 65.5 Å². The van der Waals surface area contributed by atoms with E-state index in [2.05, 4.69) is 25.5 Å². The second kappa shape index (κ2) is 8.96. The Hall–Kier alpha value is -3.62. The number of nitrogens with zero attached hydrogens (tertiary/aromatic N) is 5. The predicted octanol–water partition coefficient (Wildman–Crippen LogP) is 5.72. The maximum Gasteiger partial charge on any atom is 0.278 e. The van der Waals surface area contributed by atoms with Crippen molar-refractivity contribution in [2.45, 2.75) is 52.5 Å². The second-order valence-corrected chi connectivity index (χ2v) is 8.92. The lowest BCUT2D eigenvalue weighted by molar-refractivity contribution is -0.0467. The van der Waals surface area contributed by atoms with Gasteiger partial charge in [0.25, 0.3) is 11.8 Å². The highest BCUT2D eigenvalue weighted by molar-refractivity contribution is 5.58. The highest BCUT2D eigenvalue weighted by Crippen LogP contribution is 2.39. The first-order valence-electron chi connectivity index (χ1n) is 11.1. The molecule has 0 saturated carbocycles. The molecule has 178 valence electrons. The SMILES string of the molecule is CCNc1ccc(Cn2nc(-c3nc(-c4ccc(C(C)(C)C(C)(F)F)cc4)no3)cc2C)cn1. The zero-order valence-electron chi connectivity index (χ0n) is 19.9. The maximum absolute atomic E-state index is 14.0. The summed E-state index contributed by atoms with van der Waals surface area (Å²) in [4.78, 5) is 8.86. The van der Waals surface area contributed by atoms with Crippen LogP contribution in [0.4, 0.5) is 14.6 Å². The number of nitrogens with one attached hydrogen (secondary N) is 1. The lowest BCUT2D eigenvalue weighted by Gasteiger charge is -2.31. The fourth-order valence-corrected chi connectivity index (χ4v) is 3.49. The van der Waals surface area contributed by atoms with E-state index in [9.17, 15) is 8.78 Å². The smallest absolute Gasteiger partial charge is 0.278 e. The number of halogens is 2. The number of anilines is 1. The van der Waals surface area contributed by atoms with Crippen molar-refractivity contribution in [1.29, 1.82) is 0 Å². The first-order valence-corrected chi connectivity index (χ1v) is 11.1. The van der Waals surface area contributed by atoms with Crippen molar-refractivity contribution >= 4 is 5.82 Å². The average molecular weight is 467 g/mol. The van der Waals surface area contributed by atoms with Crippen molar-refractivity contribution in [2.24, 2.45) is 0 Å². The van der Waals surface area contributed by atoms with Crippen LogP contribution in [0, 0.1) is 6.92 Å². The number of benzene rings is 1. The third-order valence-electron chi connectivity index (χ3n) is 6.10. The van der Waals surface area contributed by atoms with E-state index < -0.39 is 11.3 Å². The van der Waals surface area contributed by atoms with Crippen LogP contribution in [-0.4, -0.2) is 37.4 Å². The molecule has 7 nitrogen and oxygen atoms in total. The van der Waals surface area contributed by atoms with Crippen LogP contribution in [0.2, 0.25) is 0 Å². The van der Waals surface area contributed by atoms with Gasteiger partial charge in [-0.05, 0) is 37.1 Å². The quantitative estimate of drug-likeness (QED) is 0.358. The first-order chi connectivity index (χ1) is 16.1. The molecule has 1 N–H and O–H groups in total. The lowest BCUT2D eigenvalue weighted by atomic mass is 9.79. The monoisotopic (exact) mass is 466 g/mol. The topological polar surface area (TPSA) is 81.7 Å². The van der Waals surface area contributed by atoms with E-state index in [-0.39, 0.29) is 0 Å². The van der Waals surface area contributed by atoms with Crippen molar-refractivity contribution in [1.82, 2.24) is 24.9 Å². The summed E-state index contributed by atoms with van der Waals surface area (Å²) in [5.74, 6) is -1.35. The number of alkyl halides is 2. The molecule has 0 aliphatic carbocycles. The largest absolute Gasteiger partial charge is 0.370 e. The number of rotatable bonds is 8. The summed E-state index contributed by atoms with van der Waals surface area (Å²) < 4.78 is 35.2. The summed E-state index contributed by atoms with van der Waals surface area (Å²) in [5.41, 5.74) is 2.45. The summed E-state index contributed by atoms with van der Waals surface area (Å²) in [6.45, 7) is 9.35. The van der Waals surface area contributed by atoms with E-state index in [1.165, 1.54) is 13.8 Å². The van der Waals surface area contributed by atoms with Crippen LogP contribution in [0.3, 0.4) is 0 Å². The molecule has 1 aromatic carbocycles. The fourth-order valence-electron chi connectivity index (χ4n) is 3.49. The molecule has 0 fully saturated rings. The van der Waals surface area contributed by atoms with Crippen molar-refractivity contribution < 1.29 is 13.3 Å². The van der Waals surface area contributed by atoms with E-state index in [1.807, 2.05) is 42.9 Å². The Kier molecular flexibility index (Phi) is 6.20. The molecule has 4 aromatic rings. The Morgan fingerprint density at radius 2 is 1.79 bits per heavy atom. The van der Waals surface area contributed by atoms with Crippen LogP contribution in [0.15, 0.2) is 53.2 Å². The van der Waals surface area contributed by atoms with Gasteiger partial charge in [0.2, 0.25) is 5.82 Å². The van der Waals surface area contributed by atoms with Gasteiger partial charge < -0.3 is 9.84 Å². The first kappa shape index (κ1) is 23.5. The summed E-state index contributed by atoms with van der Waals surface area (Å²) in [5, 5.41) is 11.8. The van der Waals surface area contributed by atoms with Crippen LogP contribution < -0.4 is 5.32 Å². The zero-order valence-corrected chi connectivity index (χ0v) is 19.9. The lowest BCUT2D eigenvalue weighted by Crippen LogP contribution is -2.37. The summed E-state index contributed by atoms with van der Waals surface area (Å²) in [7, 11) is 0. The summed E-state index contributed by atoms with van der Waals surface area (Å²) >= 11 is 0. The molecule has 0 atom stereocenters. The number of pyridine rings is 1.